The van der Waals surface area contributed by atoms with Crippen molar-refractivity contribution in [1.29, 1.82) is 0 Å². The number of aromatic nitrogens is 5. The van der Waals surface area contributed by atoms with Crippen LogP contribution in [-0.2, 0) is 5.41 Å². The number of rotatable bonds is 5. The van der Waals surface area contributed by atoms with Crippen molar-refractivity contribution in [2.24, 2.45) is 0 Å². The Morgan fingerprint density at radius 2 is 1.02 bits per heavy atom. The second-order valence-corrected chi connectivity index (χ2v) is 18.0. The normalized spacial score (nSPS) is 12.2. The van der Waals surface area contributed by atoms with E-state index in [1.54, 1.807) is 0 Å². The Morgan fingerprint density at radius 1 is 0.415 bits per heavy atom. The minimum atomic E-state index is 0.0257. The van der Waals surface area contributed by atoms with Crippen LogP contribution in [-0.4, -0.2) is 24.1 Å². The molecule has 0 bridgehead atoms. The molecule has 4 heterocycles. The van der Waals surface area contributed by atoms with Gasteiger partial charge in [0, 0.05) is 54.7 Å². The third-order valence-corrected chi connectivity index (χ3v) is 13.1. The lowest BCUT2D eigenvalue weighted by Gasteiger charge is -2.19. The number of hydrogen-bond acceptors (Lipinski definition) is 4. The lowest BCUT2D eigenvalue weighted by Crippen LogP contribution is -2.10. The van der Waals surface area contributed by atoms with Crippen molar-refractivity contribution in [2.45, 2.75) is 26.2 Å². The SMILES string of the molecule is CC(C)(C)c1ccc(-c2cc(-n3c4ccccc4c4ccc5c6ccccc6n(-c6nc(-c7ccccc7)nc(-c7cccc8ccccc78)n6)c5c43)cc3c2oc2ccccc23)cc1. The van der Waals surface area contributed by atoms with Crippen molar-refractivity contribution in [3.8, 4) is 45.5 Å². The Bertz CT molecular complexity index is 4030. The fourth-order valence-corrected chi connectivity index (χ4v) is 10.0. The van der Waals surface area contributed by atoms with Crippen molar-refractivity contribution in [3.63, 3.8) is 0 Å². The summed E-state index contributed by atoms with van der Waals surface area (Å²) in [7, 11) is 0. The molecule has 0 fully saturated rings. The smallest absolute Gasteiger partial charge is 0.238 e. The molecule has 13 aromatic rings. The average molecular weight is 836 g/mol. The topological polar surface area (TPSA) is 61.7 Å². The fraction of sp³-hybridized carbons (Fsp3) is 0.0678. The second-order valence-electron chi connectivity index (χ2n) is 18.0. The first-order valence-corrected chi connectivity index (χ1v) is 22.2. The quantitative estimate of drug-likeness (QED) is 0.173. The van der Waals surface area contributed by atoms with E-state index in [4.69, 9.17) is 19.4 Å². The molecule has 4 aromatic heterocycles. The van der Waals surface area contributed by atoms with Crippen LogP contribution < -0.4 is 0 Å². The lowest BCUT2D eigenvalue weighted by atomic mass is 9.86. The zero-order chi connectivity index (χ0) is 43.4. The molecule has 65 heavy (non-hydrogen) atoms. The molecule has 9 aromatic carbocycles. The molecule has 0 aliphatic carbocycles. The van der Waals surface area contributed by atoms with Crippen LogP contribution in [0.2, 0.25) is 0 Å². The summed E-state index contributed by atoms with van der Waals surface area (Å²) >= 11 is 0. The highest BCUT2D eigenvalue weighted by Crippen LogP contribution is 2.45. The lowest BCUT2D eigenvalue weighted by molar-refractivity contribution is 0.590. The predicted octanol–water partition coefficient (Wildman–Crippen LogP) is 15.4. The molecule has 0 saturated heterocycles. The molecule has 0 spiro atoms. The van der Waals surface area contributed by atoms with Gasteiger partial charge in [0.05, 0.1) is 22.1 Å². The number of nitrogens with zero attached hydrogens (tertiary/aromatic N) is 5. The van der Waals surface area contributed by atoms with Gasteiger partial charge in [0.1, 0.15) is 11.2 Å². The van der Waals surface area contributed by atoms with Gasteiger partial charge >= 0.3 is 0 Å². The van der Waals surface area contributed by atoms with E-state index in [1.165, 1.54) is 5.56 Å². The van der Waals surface area contributed by atoms with Crippen LogP contribution in [0.25, 0.3) is 122 Å². The van der Waals surface area contributed by atoms with E-state index < -0.39 is 0 Å². The second kappa shape index (κ2) is 14.1. The highest BCUT2D eigenvalue weighted by Gasteiger charge is 2.25. The molecule has 13 rings (SSSR count). The van der Waals surface area contributed by atoms with E-state index in [0.29, 0.717) is 17.6 Å². The Kier molecular flexibility index (Phi) is 8.06. The van der Waals surface area contributed by atoms with E-state index >= 15 is 0 Å². The molecule has 6 nitrogen and oxygen atoms in total. The maximum absolute atomic E-state index is 6.76. The third kappa shape index (κ3) is 5.77. The molecule has 0 aliphatic rings. The summed E-state index contributed by atoms with van der Waals surface area (Å²) in [6.07, 6.45) is 0. The van der Waals surface area contributed by atoms with Crippen LogP contribution in [0.3, 0.4) is 0 Å². The van der Waals surface area contributed by atoms with E-state index in [1.807, 2.05) is 24.3 Å². The molecule has 0 unspecified atom stereocenters. The molecular weight excluding hydrogens is 795 g/mol. The highest BCUT2D eigenvalue weighted by atomic mass is 16.3. The summed E-state index contributed by atoms with van der Waals surface area (Å²) < 4.78 is 11.5. The number of fused-ring (bicyclic) bond motifs is 11. The van der Waals surface area contributed by atoms with Gasteiger partial charge in [-0.2, -0.15) is 9.97 Å². The van der Waals surface area contributed by atoms with Gasteiger partial charge in [-0.1, -0.05) is 185 Å². The molecule has 0 aliphatic heterocycles. The first-order valence-electron chi connectivity index (χ1n) is 22.2. The Morgan fingerprint density at radius 3 is 1.75 bits per heavy atom. The molecule has 308 valence electrons. The van der Waals surface area contributed by atoms with Gasteiger partial charge in [-0.15, -0.1) is 0 Å². The minimum Gasteiger partial charge on any atom is -0.455 e. The maximum atomic E-state index is 6.76. The Labute approximate surface area is 374 Å². The first-order chi connectivity index (χ1) is 31.9. The molecule has 0 radical (unpaired) electrons. The molecule has 0 N–H and O–H groups in total. The van der Waals surface area contributed by atoms with Crippen LogP contribution >= 0.6 is 0 Å². The summed E-state index contributed by atoms with van der Waals surface area (Å²) in [5.74, 6) is 1.77. The Hall–Kier alpha value is -8.35. The monoisotopic (exact) mass is 835 g/mol. The molecular formula is C59H41N5O. The van der Waals surface area contributed by atoms with Gasteiger partial charge in [0.15, 0.2) is 11.6 Å². The summed E-state index contributed by atoms with van der Waals surface area (Å²) in [5.41, 5.74) is 12.3. The van der Waals surface area contributed by atoms with E-state index in [0.717, 1.165) is 104 Å². The first kappa shape index (κ1) is 37.2. The Balaban J connectivity index is 1.17. The predicted molar refractivity (Wildman–Crippen MR) is 268 cm³/mol. The zero-order valence-corrected chi connectivity index (χ0v) is 36.1. The summed E-state index contributed by atoms with van der Waals surface area (Å²) in [6.45, 7) is 6.77. The van der Waals surface area contributed by atoms with Crippen LogP contribution in [0.15, 0.2) is 199 Å². The third-order valence-electron chi connectivity index (χ3n) is 13.1. The summed E-state index contributed by atoms with van der Waals surface area (Å²) in [5, 5.41) is 8.88. The zero-order valence-electron chi connectivity index (χ0n) is 36.1. The highest BCUT2D eigenvalue weighted by molar-refractivity contribution is 6.24. The van der Waals surface area contributed by atoms with Crippen molar-refractivity contribution < 1.29 is 4.42 Å². The van der Waals surface area contributed by atoms with Gasteiger partial charge in [0.25, 0.3) is 0 Å². The van der Waals surface area contributed by atoms with Gasteiger partial charge in [0.2, 0.25) is 5.95 Å². The van der Waals surface area contributed by atoms with E-state index in [9.17, 15) is 0 Å². The van der Waals surface area contributed by atoms with Crippen LogP contribution in [0.4, 0.5) is 0 Å². The van der Waals surface area contributed by atoms with Crippen molar-refractivity contribution >= 4 is 76.3 Å². The van der Waals surface area contributed by atoms with Crippen molar-refractivity contribution in [3.05, 3.63) is 200 Å². The van der Waals surface area contributed by atoms with Gasteiger partial charge in [-0.3, -0.25) is 4.57 Å². The van der Waals surface area contributed by atoms with Crippen molar-refractivity contribution in [1.82, 2.24) is 24.1 Å². The molecule has 0 atom stereocenters. The minimum absolute atomic E-state index is 0.0257. The van der Waals surface area contributed by atoms with Gasteiger partial charge in [-0.25, -0.2) is 4.98 Å². The van der Waals surface area contributed by atoms with E-state index in [-0.39, 0.29) is 5.41 Å². The number of para-hydroxylation sites is 3. The fourth-order valence-electron chi connectivity index (χ4n) is 10.0. The number of benzene rings is 9. The number of hydrogen-bond donors (Lipinski definition) is 0. The standard InChI is InChI=1S/C59H41N5O/c1-59(2,3)39-30-28-37(29-31-39)48-34-40(35-49-44-23-11-14-27-52(44)65-55(48)49)63-50-25-12-9-21-42(50)45-32-33-46-43-22-10-13-26-51(43)64(54(46)53(45)63)58-61-56(38-17-5-4-6-18-38)60-57(62-58)47-24-15-19-36-16-7-8-20-41(36)47/h4-35H,1-3H3. The maximum Gasteiger partial charge on any atom is 0.238 e. The van der Waals surface area contributed by atoms with E-state index in [2.05, 4.69) is 200 Å². The average Bonchev–Trinajstić information content (AvgIpc) is 4.01. The van der Waals surface area contributed by atoms with Crippen LogP contribution in [0, 0.1) is 0 Å². The number of furan rings is 1. The van der Waals surface area contributed by atoms with Crippen LogP contribution in [0.5, 0.6) is 0 Å². The molecule has 0 saturated carbocycles. The summed E-state index contributed by atoms with van der Waals surface area (Å²) in [4.78, 5) is 16.0. The summed E-state index contributed by atoms with van der Waals surface area (Å²) in [6, 6.07) is 68.9. The van der Waals surface area contributed by atoms with Gasteiger partial charge < -0.3 is 8.98 Å². The molecule has 6 heteroatoms. The molecule has 0 amide bonds. The largest absolute Gasteiger partial charge is 0.455 e. The van der Waals surface area contributed by atoms with Gasteiger partial charge in [-0.05, 0) is 57.6 Å². The van der Waals surface area contributed by atoms with Crippen LogP contribution in [0.1, 0.15) is 26.3 Å². The van der Waals surface area contributed by atoms with Crippen molar-refractivity contribution in [2.75, 3.05) is 0 Å².